The maximum atomic E-state index is 14.8. The van der Waals surface area contributed by atoms with E-state index in [-0.39, 0.29) is 31.7 Å². The van der Waals surface area contributed by atoms with Crippen LogP contribution in [-0.2, 0) is 20.0 Å². The second-order valence-electron chi connectivity index (χ2n) is 6.03. The van der Waals surface area contributed by atoms with Crippen LogP contribution >= 0.6 is 0 Å². The molecule has 10 nitrogen and oxygen atoms in total. The first-order valence-electron chi connectivity index (χ1n) is 7.40. The average molecular weight is 411 g/mol. The maximum Gasteiger partial charge on any atom is 0.312 e. The van der Waals surface area contributed by atoms with Crippen molar-refractivity contribution in [3.63, 3.8) is 0 Å². The van der Waals surface area contributed by atoms with Crippen LogP contribution in [0.3, 0.4) is 0 Å². The average Bonchev–Trinajstić information content (AvgIpc) is 2.51. The van der Waals surface area contributed by atoms with Crippen LogP contribution in [0.1, 0.15) is 12.8 Å². The lowest BCUT2D eigenvalue weighted by Crippen LogP contribution is -2.46. The molecule has 0 atom stereocenters. The minimum Gasteiger partial charge on any atom is -0.483 e. The monoisotopic (exact) mass is 411 g/mol. The minimum atomic E-state index is -4.14. The van der Waals surface area contributed by atoms with E-state index < -0.39 is 47.8 Å². The predicted molar refractivity (Wildman–Crippen MR) is 89.5 cm³/mol. The summed E-state index contributed by atoms with van der Waals surface area (Å²) in [4.78, 5) is 9.78. The summed E-state index contributed by atoms with van der Waals surface area (Å²) < 4.78 is 66.6. The lowest BCUT2D eigenvalue weighted by atomic mass is 9.95. The summed E-state index contributed by atoms with van der Waals surface area (Å²) in [5.41, 5.74) is -2.51. The van der Waals surface area contributed by atoms with Crippen molar-refractivity contribution in [2.45, 2.75) is 23.4 Å². The topological polar surface area (TPSA) is 150 Å². The van der Waals surface area contributed by atoms with Gasteiger partial charge in [-0.05, 0) is 25.0 Å². The molecule has 1 aromatic carbocycles. The van der Waals surface area contributed by atoms with E-state index >= 15 is 0 Å². The van der Waals surface area contributed by atoms with Crippen molar-refractivity contribution in [2.24, 2.45) is 5.14 Å². The smallest absolute Gasteiger partial charge is 0.312 e. The standard InChI is InChI=1S/C13H18FN3O7S2/c1-25(20,21)16-6-4-13(14,5-7-16)9-24-12-3-2-10(26(15,22)23)8-11(12)17(18)19/h2-3,8H,4-7,9H2,1H3,(H2,15,22,23). The fourth-order valence-corrected chi connectivity index (χ4v) is 3.89. The van der Waals surface area contributed by atoms with Gasteiger partial charge >= 0.3 is 5.69 Å². The van der Waals surface area contributed by atoms with Gasteiger partial charge in [0.1, 0.15) is 12.3 Å². The molecule has 0 amide bonds. The molecule has 146 valence electrons. The summed E-state index contributed by atoms with van der Waals surface area (Å²) in [7, 11) is -7.55. The number of rotatable bonds is 6. The summed E-state index contributed by atoms with van der Waals surface area (Å²) in [6.07, 6.45) is 0.789. The summed E-state index contributed by atoms with van der Waals surface area (Å²) in [5.74, 6) is -0.301. The number of hydrogen-bond donors (Lipinski definition) is 1. The van der Waals surface area contributed by atoms with Crippen molar-refractivity contribution in [3.8, 4) is 5.75 Å². The van der Waals surface area contributed by atoms with Gasteiger partial charge in [0.25, 0.3) is 0 Å². The summed E-state index contributed by atoms with van der Waals surface area (Å²) >= 11 is 0. The molecule has 1 saturated heterocycles. The molecule has 0 spiro atoms. The van der Waals surface area contributed by atoms with Gasteiger partial charge in [0.15, 0.2) is 5.75 Å². The number of nitro groups is 1. The van der Waals surface area contributed by atoms with Crippen molar-refractivity contribution in [3.05, 3.63) is 28.3 Å². The molecule has 26 heavy (non-hydrogen) atoms. The summed E-state index contributed by atoms with van der Waals surface area (Å²) in [6.45, 7) is -0.573. The van der Waals surface area contributed by atoms with Gasteiger partial charge in [-0.2, -0.15) is 0 Å². The second-order valence-corrected chi connectivity index (χ2v) is 9.58. The maximum absolute atomic E-state index is 14.8. The number of hydrogen-bond acceptors (Lipinski definition) is 7. The van der Waals surface area contributed by atoms with Crippen LogP contribution in [0.4, 0.5) is 10.1 Å². The summed E-state index contributed by atoms with van der Waals surface area (Å²) in [6, 6.07) is 2.80. The normalized spacial score (nSPS) is 18.4. The van der Waals surface area contributed by atoms with E-state index in [9.17, 15) is 31.3 Å². The predicted octanol–water partition coefficient (Wildman–Crippen LogP) is 0.385. The van der Waals surface area contributed by atoms with E-state index in [1.807, 2.05) is 0 Å². The Kier molecular flexibility index (Phi) is 5.56. The van der Waals surface area contributed by atoms with Gasteiger partial charge in [-0.25, -0.2) is 30.7 Å². The number of nitrogens with two attached hydrogens (primary N) is 1. The molecule has 13 heteroatoms. The van der Waals surface area contributed by atoms with Gasteiger partial charge in [-0.1, -0.05) is 0 Å². The molecule has 1 aliphatic heterocycles. The van der Waals surface area contributed by atoms with E-state index in [0.717, 1.165) is 28.8 Å². The van der Waals surface area contributed by atoms with Crippen LogP contribution < -0.4 is 9.88 Å². The minimum absolute atomic E-state index is 0.0227. The quantitative estimate of drug-likeness (QED) is 0.525. The molecule has 0 radical (unpaired) electrons. The zero-order valence-corrected chi connectivity index (χ0v) is 15.4. The van der Waals surface area contributed by atoms with Crippen molar-refractivity contribution < 1.29 is 30.9 Å². The lowest BCUT2D eigenvalue weighted by Gasteiger charge is -2.34. The Morgan fingerprint density at radius 3 is 2.35 bits per heavy atom. The number of benzene rings is 1. The van der Waals surface area contributed by atoms with Crippen LogP contribution in [0.5, 0.6) is 5.75 Å². The Morgan fingerprint density at radius 1 is 1.31 bits per heavy atom. The first-order chi connectivity index (χ1) is 11.8. The molecular weight excluding hydrogens is 393 g/mol. The molecular formula is C13H18FN3O7S2. The van der Waals surface area contributed by atoms with Gasteiger partial charge in [0, 0.05) is 19.2 Å². The molecule has 1 fully saturated rings. The molecule has 0 unspecified atom stereocenters. The van der Waals surface area contributed by atoms with Crippen LogP contribution in [0.15, 0.2) is 23.1 Å². The number of nitrogens with zero attached hydrogens (tertiary/aromatic N) is 2. The molecule has 0 aliphatic carbocycles. The van der Waals surface area contributed by atoms with Crippen molar-refractivity contribution in [1.29, 1.82) is 0 Å². The van der Waals surface area contributed by atoms with Crippen LogP contribution in [-0.4, -0.2) is 57.7 Å². The van der Waals surface area contributed by atoms with E-state index in [0.29, 0.717) is 0 Å². The van der Waals surface area contributed by atoms with E-state index in [4.69, 9.17) is 9.88 Å². The Morgan fingerprint density at radius 2 is 1.88 bits per heavy atom. The SMILES string of the molecule is CS(=O)(=O)N1CCC(F)(COc2ccc(S(N)(=O)=O)cc2[N+](=O)[O-])CC1. The number of primary sulfonamides is 1. The van der Waals surface area contributed by atoms with Gasteiger partial charge in [-0.3, -0.25) is 10.1 Å². The fraction of sp³-hybridized carbons (Fsp3) is 0.538. The Balaban J connectivity index is 2.13. The number of sulfonamides is 2. The fourth-order valence-electron chi connectivity index (χ4n) is 2.51. The summed E-state index contributed by atoms with van der Waals surface area (Å²) in [5, 5.41) is 16.0. The highest BCUT2D eigenvalue weighted by atomic mass is 32.2. The molecule has 1 aliphatic rings. The second kappa shape index (κ2) is 7.06. The zero-order valence-electron chi connectivity index (χ0n) is 13.8. The number of alkyl halides is 1. The highest BCUT2D eigenvalue weighted by molar-refractivity contribution is 7.89. The third-order valence-electron chi connectivity index (χ3n) is 4.03. The zero-order chi connectivity index (χ0) is 19.8. The van der Waals surface area contributed by atoms with Gasteiger partial charge in [-0.15, -0.1) is 0 Å². The van der Waals surface area contributed by atoms with Crippen molar-refractivity contribution in [1.82, 2.24) is 4.31 Å². The molecule has 0 bridgehead atoms. The van der Waals surface area contributed by atoms with Crippen molar-refractivity contribution >= 4 is 25.7 Å². The Hall–Kier alpha value is -1.83. The number of halogens is 1. The van der Waals surface area contributed by atoms with Crippen LogP contribution in [0.2, 0.25) is 0 Å². The Bertz CT molecular complexity index is 910. The molecule has 2 rings (SSSR count). The highest BCUT2D eigenvalue weighted by Gasteiger charge is 2.38. The third kappa shape index (κ3) is 4.87. The van der Waals surface area contributed by atoms with Gasteiger partial charge < -0.3 is 4.74 Å². The molecule has 1 aromatic rings. The first kappa shape index (κ1) is 20.5. The third-order valence-corrected chi connectivity index (χ3v) is 6.24. The molecule has 0 saturated carbocycles. The molecule has 0 aromatic heterocycles. The number of piperidine rings is 1. The number of nitro benzene ring substituents is 1. The van der Waals surface area contributed by atoms with E-state index in [1.54, 1.807) is 0 Å². The van der Waals surface area contributed by atoms with Gasteiger partial charge in [0.05, 0.1) is 16.1 Å². The highest BCUT2D eigenvalue weighted by Crippen LogP contribution is 2.33. The largest absolute Gasteiger partial charge is 0.483 e. The van der Waals surface area contributed by atoms with Crippen LogP contribution in [0, 0.1) is 10.1 Å². The van der Waals surface area contributed by atoms with E-state index in [1.165, 1.54) is 0 Å². The molecule has 1 heterocycles. The molecule has 2 N–H and O–H groups in total. The van der Waals surface area contributed by atoms with Crippen LogP contribution in [0.25, 0.3) is 0 Å². The van der Waals surface area contributed by atoms with Gasteiger partial charge in [0.2, 0.25) is 20.0 Å². The van der Waals surface area contributed by atoms with E-state index in [2.05, 4.69) is 0 Å². The van der Waals surface area contributed by atoms with Crippen molar-refractivity contribution in [2.75, 3.05) is 26.0 Å². The lowest BCUT2D eigenvalue weighted by molar-refractivity contribution is -0.386. The first-order valence-corrected chi connectivity index (χ1v) is 10.8. The Labute approximate surface area is 150 Å². The number of ether oxygens (including phenoxy) is 1.